The van der Waals surface area contributed by atoms with Crippen LogP contribution in [0.2, 0.25) is 0 Å². The fourth-order valence-electron chi connectivity index (χ4n) is 6.58. The van der Waals surface area contributed by atoms with Crippen molar-refractivity contribution < 1.29 is 28.8 Å². The summed E-state index contributed by atoms with van der Waals surface area (Å²) in [5.41, 5.74) is 4.93. The van der Waals surface area contributed by atoms with Gasteiger partial charge in [-0.2, -0.15) is 0 Å². The van der Waals surface area contributed by atoms with Crippen LogP contribution in [0.5, 0.6) is 0 Å². The molecule has 9 nitrogen and oxygen atoms in total. The minimum Gasteiger partial charge on any atom is -0.363 e. The third-order valence-electron chi connectivity index (χ3n) is 8.98. The van der Waals surface area contributed by atoms with Crippen molar-refractivity contribution in [3.05, 3.63) is 12.7 Å². The zero-order valence-electron chi connectivity index (χ0n) is 24.1. The number of carbonyl (C=O) groups is 6. The molecular formula is C30H45N3O6. The van der Waals surface area contributed by atoms with E-state index >= 15 is 0 Å². The third-order valence-corrected chi connectivity index (χ3v) is 8.98. The number of piperidine rings is 1. The molecule has 0 spiro atoms. The number of fused-ring (bicyclic) bond motifs is 1. The number of amides is 3. The van der Waals surface area contributed by atoms with Crippen molar-refractivity contribution in [3.63, 3.8) is 0 Å². The van der Waals surface area contributed by atoms with Gasteiger partial charge in [0.1, 0.15) is 5.78 Å². The number of Topliss-reactive ketones (excluding diaryl/α,β-unsaturated/α-hetero) is 3. The second-order valence-corrected chi connectivity index (χ2v) is 13.6. The summed E-state index contributed by atoms with van der Waals surface area (Å²) in [7, 11) is 0. The van der Waals surface area contributed by atoms with Crippen LogP contribution in [0.1, 0.15) is 79.6 Å². The maximum Gasteiger partial charge on any atom is 0.285 e. The number of nitrogens with zero attached hydrogens (tertiary/aromatic N) is 1. The highest BCUT2D eigenvalue weighted by Gasteiger charge is 2.69. The first-order valence-corrected chi connectivity index (χ1v) is 14.2. The summed E-state index contributed by atoms with van der Waals surface area (Å²) in [6.45, 7) is 13.7. The molecule has 3 aliphatic rings. The van der Waals surface area contributed by atoms with Crippen LogP contribution in [0.25, 0.3) is 0 Å². The van der Waals surface area contributed by atoms with E-state index in [1.807, 2.05) is 20.8 Å². The Bertz CT molecular complexity index is 1040. The largest absolute Gasteiger partial charge is 0.363 e. The van der Waals surface area contributed by atoms with Gasteiger partial charge in [-0.1, -0.05) is 60.5 Å². The van der Waals surface area contributed by atoms with Crippen LogP contribution in [-0.4, -0.2) is 59.1 Å². The number of hydrogen-bond donors (Lipinski definition) is 2. The zero-order valence-corrected chi connectivity index (χ0v) is 24.1. The minimum atomic E-state index is -1.04. The second-order valence-electron chi connectivity index (χ2n) is 13.6. The van der Waals surface area contributed by atoms with Gasteiger partial charge >= 0.3 is 0 Å². The maximum atomic E-state index is 13.9. The SMILES string of the molecule is C=CC(=O)NC[C@H](CC(=O)CC(C)(C)C)C(=O)N1C[C@H]2C([C@H]1C(=O)CC(CC1CCC1)C(=O)C(N)=O)C2(C)C. The molecule has 0 aromatic carbocycles. The van der Waals surface area contributed by atoms with E-state index in [4.69, 9.17) is 5.73 Å². The van der Waals surface area contributed by atoms with Crippen LogP contribution < -0.4 is 11.1 Å². The first-order chi connectivity index (χ1) is 18.1. The molecule has 2 aliphatic carbocycles. The Hall–Kier alpha value is -2.84. The van der Waals surface area contributed by atoms with Crippen molar-refractivity contribution in [2.45, 2.75) is 85.6 Å². The summed E-state index contributed by atoms with van der Waals surface area (Å²) in [6, 6.07) is -0.739. The molecule has 3 fully saturated rings. The van der Waals surface area contributed by atoms with Crippen molar-refractivity contribution in [2.24, 2.45) is 46.2 Å². The van der Waals surface area contributed by atoms with Crippen molar-refractivity contribution in [1.82, 2.24) is 10.2 Å². The van der Waals surface area contributed by atoms with E-state index in [0.29, 0.717) is 18.9 Å². The number of ketones is 3. The Balaban J connectivity index is 1.82. The molecule has 0 aromatic rings. The quantitative estimate of drug-likeness (QED) is 0.255. The van der Waals surface area contributed by atoms with Crippen LogP contribution in [0.4, 0.5) is 0 Å². The normalized spacial score (nSPS) is 25.1. The number of rotatable bonds is 14. The highest BCUT2D eigenvalue weighted by atomic mass is 16.2. The van der Waals surface area contributed by atoms with Gasteiger partial charge in [0.15, 0.2) is 5.78 Å². The Morgan fingerprint density at radius 2 is 1.72 bits per heavy atom. The van der Waals surface area contributed by atoms with Gasteiger partial charge in [0.05, 0.1) is 12.0 Å². The lowest BCUT2D eigenvalue weighted by atomic mass is 9.76. The predicted octanol–water partition coefficient (Wildman–Crippen LogP) is 2.60. The number of carbonyl (C=O) groups excluding carboxylic acids is 6. The predicted molar refractivity (Wildman–Crippen MR) is 146 cm³/mol. The summed E-state index contributed by atoms with van der Waals surface area (Å²) in [5.74, 6) is -4.13. The molecule has 0 radical (unpaired) electrons. The van der Waals surface area contributed by atoms with Crippen LogP contribution in [0.3, 0.4) is 0 Å². The molecule has 3 amide bonds. The van der Waals surface area contributed by atoms with Crippen molar-refractivity contribution >= 4 is 35.1 Å². The van der Waals surface area contributed by atoms with Gasteiger partial charge in [0.25, 0.3) is 5.91 Å². The molecule has 1 heterocycles. The molecule has 216 valence electrons. The first kappa shape index (κ1) is 30.7. The minimum absolute atomic E-state index is 0.0415. The number of nitrogens with one attached hydrogen (secondary N) is 1. The Labute approximate surface area is 231 Å². The lowest BCUT2D eigenvalue weighted by Gasteiger charge is -2.34. The molecule has 39 heavy (non-hydrogen) atoms. The molecule has 3 rings (SSSR count). The fraction of sp³-hybridized carbons (Fsp3) is 0.733. The highest BCUT2D eigenvalue weighted by Crippen LogP contribution is 2.65. The highest BCUT2D eigenvalue weighted by molar-refractivity contribution is 6.36. The maximum absolute atomic E-state index is 13.9. The van der Waals surface area contributed by atoms with Crippen LogP contribution in [0, 0.1) is 40.4 Å². The van der Waals surface area contributed by atoms with Crippen molar-refractivity contribution in [3.8, 4) is 0 Å². The molecular weight excluding hydrogens is 498 g/mol. The fourth-order valence-corrected chi connectivity index (χ4v) is 6.58. The summed E-state index contributed by atoms with van der Waals surface area (Å²) >= 11 is 0. The summed E-state index contributed by atoms with van der Waals surface area (Å²) in [4.78, 5) is 78.4. The zero-order chi connectivity index (χ0) is 29.3. The Morgan fingerprint density at radius 3 is 2.23 bits per heavy atom. The molecule has 9 heteroatoms. The Kier molecular flexibility index (Phi) is 9.23. The summed E-state index contributed by atoms with van der Waals surface area (Å²) in [6.07, 6.45) is 4.65. The number of nitrogens with two attached hydrogens (primary N) is 1. The van der Waals surface area contributed by atoms with Crippen molar-refractivity contribution in [1.29, 1.82) is 0 Å². The molecule has 1 saturated heterocycles. The van der Waals surface area contributed by atoms with E-state index in [9.17, 15) is 28.8 Å². The Morgan fingerprint density at radius 1 is 1.08 bits per heavy atom. The van der Waals surface area contributed by atoms with Gasteiger partial charge in [0, 0.05) is 38.3 Å². The van der Waals surface area contributed by atoms with Gasteiger partial charge in [-0.15, -0.1) is 0 Å². The monoisotopic (exact) mass is 543 g/mol. The van der Waals surface area contributed by atoms with Crippen LogP contribution in [-0.2, 0) is 28.8 Å². The van der Waals surface area contributed by atoms with Gasteiger partial charge in [-0.05, 0) is 41.1 Å². The number of hydrogen-bond acceptors (Lipinski definition) is 6. The second kappa shape index (κ2) is 11.7. The van der Waals surface area contributed by atoms with E-state index in [-0.39, 0.29) is 65.9 Å². The average molecular weight is 544 g/mol. The molecule has 1 aliphatic heterocycles. The topological polar surface area (TPSA) is 144 Å². The lowest BCUT2D eigenvalue weighted by molar-refractivity contribution is -0.145. The van der Waals surface area contributed by atoms with E-state index in [2.05, 4.69) is 25.7 Å². The van der Waals surface area contributed by atoms with Gasteiger partial charge in [-0.3, -0.25) is 28.8 Å². The molecule has 3 N–H and O–H groups in total. The van der Waals surface area contributed by atoms with Crippen LogP contribution in [0.15, 0.2) is 12.7 Å². The van der Waals surface area contributed by atoms with Gasteiger partial charge < -0.3 is 16.0 Å². The van der Waals surface area contributed by atoms with Crippen LogP contribution >= 0.6 is 0 Å². The lowest BCUT2D eigenvalue weighted by Crippen LogP contribution is -2.50. The average Bonchev–Trinajstić information content (AvgIpc) is 3.14. The van der Waals surface area contributed by atoms with E-state index in [1.165, 1.54) is 0 Å². The number of primary amides is 1. The standard InChI is InChI=1S/C30H45N3O6/c1-7-23(36)32-15-19(12-20(34)14-29(2,3)4)28(39)33-16-21-24(30(21,5)6)25(33)22(35)13-18(26(37)27(31)38)11-17-9-8-10-17/h7,17-19,21,24-25H,1,8-16H2,2-6H3,(H2,31,38)(H,32,36)/t18?,19-,21-,24?,25+/m0/s1. The van der Waals surface area contributed by atoms with E-state index < -0.39 is 35.5 Å². The number of likely N-dealkylation sites (tertiary alicyclic amines) is 1. The van der Waals surface area contributed by atoms with Crippen molar-refractivity contribution in [2.75, 3.05) is 13.1 Å². The molecule has 0 aromatic heterocycles. The third kappa shape index (κ3) is 7.22. The van der Waals surface area contributed by atoms with E-state index in [1.54, 1.807) is 4.90 Å². The first-order valence-electron chi connectivity index (χ1n) is 14.2. The summed E-state index contributed by atoms with van der Waals surface area (Å²) in [5, 5.41) is 2.64. The molecule has 2 saturated carbocycles. The summed E-state index contributed by atoms with van der Waals surface area (Å²) < 4.78 is 0. The molecule has 5 atom stereocenters. The smallest absolute Gasteiger partial charge is 0.285 e. The van der Waals surface area contributed by atoms with E-state index in [0.717, 1.165) is 25.3 Å². The van der Waals surface area contributed by atoms with Gasteiger partial charge in [-0.25, -0.2) is 0 Å². The molecule has 0 bridgehead atoms. The van der Waals surface area contributed by atoms with Gasteiger partial charge in [0.2, 0.25) is 17.6 Å². The molecule has 2 unspecified atom stereocenters.